The Morgan fingerprint density at radius 3 is 2.85 bits per heavy atom. The lowest BCUT2D eigenvalue weighted by Crippen LogP contribution is -2.45. The van der Waals surface area contributed by atoms with Gasteiger partial charge in [-0.25, -0.2) is 9.47 Å². The summed E-state index contributed by atoms with van der Waals surface area (Å²) < 4.78 is 14.3. The Morgan fingerprint density at radius 1 is 1.15 bits per heavy atom. The van der Waals surface area contributed by atoms with Gasteiger partial charge in [-0.3, -0.25) is 0 Å². The number of anilines is 3. The van der Waals surface area contributed by atoms with Crippen molar-refractivity contribution in [2.75, 3.05) is 15.3 Å². The van der Waals surface area contributed by atoms with Gasteiger partial charge >= 0.3 is 6.01 Å². The van der Waals surface area contributed by atoms with Crippen molar-refractivity contribution in [2.45, 2.75) is 0 Å². The lowest BCUT2D eigenvalue weighted by Gasteiger charge is -2.25. The van der Waals surface area contributed by atoms with Crippen LogP contribution in [0, 0.1) is 6.73 Å². The molecule has 13 nitrogen and oxygen atoms in total. The highest BCUT2D eigenvalue weighted by atomic mass is 16.8. The molecular formula is C7H4N9O4. The number of aromatic nitrogens is 6. The van der Waals surface area contributed by atoms with Gasteiger partial charge < -0.3 is 8.94 Å². The summed E-state index contributed by atoms with van der Waals surface area (Å²) >= 11 is 0. The monoisotopic (exact) mass is 278 g/mol. The van der Waals surface area contributed by atoms with E-state index in [0.717, 1.165) is 18.0 Å². The van der Waals surface area contributed by atoms with E-state index in [1.54, 1.807) is 0 Å². The molecule has 0 bridgehead atoms. The smallest absolute Gasteiger partial charge is 0.365 e. The molecular weight excluding hydrogens is 274 g/mol. The van der Waals surface area contributed by atoms with Gasteiger partial charge in [0.25, 0.3) is 5.95 Å². The molecule has 0 atom stereocenters. The zero-order chi connectivity index (χ0) is 13.4. The van der Waals surface area contributed by atoms with Crippen LogP contribution in [0.15, 0.2) is 32.6 Å². The summed E-state index contributed by atoms with van der Waals surface area (Å²) in [6.45, 7) is 1.28. The third-order valence-corrected chi connectivity index (χ3v) is 2.24. The highest BCUT2D eigenvalue weighted by Gasteiger charge is 2.40. The molecule has 0 spiro atoms. The van der Waals surface area contributed by atoms with Gasteiger partial charge in [0.15, 0.2) is 0 Å². The first-order chi connectivity index (χ1) is 9.93. The molecule has 0 N–H and O–H groups in total. The second kappa shape index (κ2) is 4.16. The van der Waals surface area contributed by atoms with Crippen molar-refractivity contribution in [1.29, 1.82) is 0 Å². The van der Waals surface area contributed by atoms with Crippen LogP contribution < -0.4 is 15.3 Å². The van der Waals surface area contributed by atoms with Gasteiger partial charge in [0.05, 0.1) is 0 Å². The molecule has 1 saturated heterocycles. The fraction of sp³-hybridized carbons (Fsp3) is 0. The summed E-state index contributed by atoms with van der Waals surface area (Å²) in [6, 6.07) is 0.0512. The van der Waals surface area contributed by atoms with Gasteiger partial charge in [-0.1, -0.05) is 15.4 Å². The van der Waals surface area contributed by atoms with E-state index in [-0.39, 0.29) is 17.8 Å². The van der Waals surface area contributed by atoms with Crippen LogP contribution in [-0.4, -0.2) is 30.7 Å². The van der Waals surface area contributed by atoms with Crippen molar-refractivity contribution < 1.29 is 18.4 Å². The molecule has 101 valence electrons. The number of hydrazine groups is 2. The maximum Gasteiger partial charge on any atom is 0.365 e. The minimum Gasteiger partial charge on any atom is -0.408 e. The summed E-state index contributed by atoms with van der Waals surface area (Å²) in [5.41, 5.74) is 0. The van der Waals surface area contributed by atoms with Crippen LogP contribution in [0.2, 0.25) is 0 Å². The summed E-state index contributed by atoms with van der Waals surface area (Å²) in [5, 5.41) is 22.0. The molecule has 3 aromatic heterocycles. The molecule has 4 rings (SSSR count). The van der Waals surface area contributed by atoms with E-state index in [2.05, 4.69) is 39.8 Å². The second-order valence-corrected chi connectivity index (χ2v) is 3.34. The average molecular weight is 278 g/mol. The number of hydrogen-bond acceptors (Lipinski definition) is 13. The molecule has 1 fully saturated rings. The molecule has 13 heteroatoms. The first-order valence-corrected chi connectivity index (χ1v) is 5.13. The molecule has 0 aromatic carbocycles. The third kappa shape index (κ3) is 1.53. The number of nitrogens with zero attached hydrogens (tertiary/aromatic N) is 9. The van der Waals surface area contributed by atoms with Crippen molar-refractivity contribution in [3.63, 3.8) is 0 Å². The minimum absolute atomic E-state index is 0.0512. The Morgan fingerprint density at radius 2 is 2.15 bits per heavy atom. The molecule has 0 aliphatic carbocycles. The molecule has 3 aromatic rings. The van der Waals surface area contributed by atoms with Crippen molar-refractivity contribution in [3.05, 3.63) is 25.7 Å². The quantitative estimate of drug-likeness (QED) is 0.611. The molecule has 1 radical (unpaired) electrons. The fourth-order valence-electron chi connectivity index (χ4n) is 1.49. The van der Waals surface area contributed by atoms with Crippen molar-refractivity contribution in [2.24, 2.45) is 0 Å². The Kier molecular flexibility index (Phi) is 2.22. The first kappa shape index (κ1) is 10.7. The predicted molar refractivity (Wildman–Crippen MR) is 55.7 cm³/mol. The standard InChI is InChI=1S/C7H4N9O4/c1-5(12-20-10-1)15-14(6-8-2-18-13-6)4-19-16(15)7-11-9-3-17-7/h1-4H. The topological polar surface area (TPSA) is 136 Å². The van der Waals surface area contributed by atoms with Crippen LogP contribution >= 0.6 is 0 Å². The van der Waals surface area contributed by atoms with Gasteiger partial charge in [-0.2, -0.15) is 9.99 Å². The molecule has 0 amide bonds. The Bertz CT molecular complexity index is 610. The predicted octanol–water partition coefficient (Wildman–Crippen LogP) is -0.450. The molecule has 0 unspecified atom stereocenters. The second-order valence-electron chi connectivity index (χ2n) is 3.34. The first-order valence-electron chi connectivity index (χ1n) is 5.13. The van der Waals surface area contributed by atoms with E-state index in [1.165, 1.54) is 23.1 Å². The van der Waals surface area contributed by atoms with Gasteiger partial charge in [0.2, 0.25) is 25.3 Å². The SMILES string of the molecule is [CH]1ON(c2nnco2)N(c2cnon2)N1c1ncon1. The summed E-state index contributed by atoms with van der Waals surface area (Å²) in [6.07, 6.45) is 3.66. The zero-order valence-corrected chi connectivity index (χ0v) is 9.47. The maximum absolute atomic E-state index is 5.30. The maximum atomic E-state index is 5.30. The van der Waals surface area contributed by atoms with Crippen molar-refractivity contribution >= 4 is 17.8 Å². The largest absolute Gasteiger partial charge is 0.408 e. The van der Waals surface area contributed by atoms with Gasteiger partial charge in [0.1, 0.15) is 6.20 Å². The average Bonchev–Trinajstić information content (AvgIpc) is 3.23. The molecule has 4 heterocycles. The Hall–Kier alpha value is -3.22. The Balaban J connectivity index is 1.75. The highest BCUT2D eigenvalue weighted by Crippen LogP contribution is 2.30. The van der Waals surface area contributed by atoms with E-state index in [0.29, 0.717) is 0 Å². The fourth-order valence-corrected chi connectivity index (χ4v) is 1.49. The summed E-state index contributed by atoms with van der Waals surface area (Å²) in [4.78, 5) is 9.20. The molecule has 20 heavy (non-hydrogen) atoms. The van der Waals surface area contributed by atoms with Crippen LogP contribution in [0.3, 0.4) is 0 Å². The highest BCUT2D eigenvalue weighted by molar-refractivity contribution is 5.53. The summed E-state index contributed by atoms with van der Waals surface area (Å²) in [7, 11) is 0. The van der Waals surface area contributed by atoms with Gasteiger partial charge in [-0.05, 0) is 10.3 Å². The van der Waals surface area contributed by atoms with Crippen molar-refractivity contribution in [1.82, 2.24) is 30.7 Å². The van der Waals surface area contributed by atoms with Gasteiger partial charge in [0, 0.05) is 0 Å². The Labute approximate surface area is 109 Å². The number of hydrogen-bond donors (Lipinski definition) is 0. The molecule has 0 saturated carbocycles. The lowest BCUT2D eigenvalue weighted by atomic mass is 10.7. The van der Waals surface area contributed by atoms with Crippen LogP contribution in [0.5, 0.6) is 0 Å². The van der Waals surface area contributed by atoms with E-state index in [4.69, 9.17) is 9.25 Å². The van der Waals surface area contributed by atoms with Crippen LogP contribution in [-0.2, 0) is 4.84 Å². The van der Waals surface area contributed by atoms with Crippen molar-refractivity contribution in [3.8, 4) is 0 Å². The third-order valence-electron chi connectivity index (χ3n) is 2.24. The lowest BCUT2D eigenvalue weighted by molar-refractivity contribution is 0.195. The van der Waals surface area contributed by atoms with E-state index in [9.17, 15) is 0 Å². The van der Waals surface area contributed by atoms with Crippen LogP contribution in [0.1, 0.15) is 0 Å². The van der Waals surface area contributed by atoms with Crippen LogP contribution in [0.25, 0.3) is 0 Å². The van der Waals surface area contributed by atoms with E-state index in [1.807, 2.05) is 0 Å². The molecule has 1 aliphatic rings. The normalized spacial score (nSPS) is 15.3. The van der Waals surface area contributed by atoms with E-state index < -0.39 is 0 Å². The van der Waals surface area contributed by atoms with Crippen LogP contribution in [0.4, 0.5) is 17.8 Å². The molecule has 1 aliphatic heterocycles. The van der Waals surface area contributed by atoms with E-state index >= 15 is 0 Å². The zero-order valence-electron chi connectivity index (χ0n) is 9.47. The minimum atomic E-state index is 0.0512. The number of rotatable bonds is 3. The summed E-state index contributed by atoms with van der Waals surface area (Å²) in [5.74, 6) is 0.455. The van der Waals surface area contributed by atoms with Gasteiger partial charge in [-0.15, -0.1) is 10.2 Å².